The van der Waals surface area contributed by atoms with Gasteiger partial charge in [0, 0.05) is 5.69 Å². The van der Waals surface area contributed by atoms with Crippen molar-refractivity contribution in [2.45, 2.75) is 33.4 Å². The molecule has 1 atom stereocenters. The molecule has 0 amide bonds. The monoisotopic (exact) mass is 338 g/mol. The summed E-state index contributed by atoms with van der Waals surface area (Å²) in [5, 5.41) is 14.4. The first kappa shape index (κ1) is 17.1. The summed E-state index contributed by atoms with van der Waals surface area (Å²) in [6, 6.07) is 10.2. The van der Waals surface area contributed by atoms with Gasteiger partial charge >= 0.3 is 0 Å². The lowest BCUT2D eigenvalue weighted by molar-refractivity contribution is 0.188. The standard InChI is InChI=1S/C19H22N4O2/c1-12-6-5-7-15(8-12)11-23-19(21-18(22-23)14(3)24)16-9-13(2)20-10-17(16)25-4/h5-10,14,24H,11H2,1-4H3. The first-order chi connectivity index (χ1) is 12.0. The number of methoxy groups -OCH3 is 1. The molecule has 0 fully saturated rings. The lowest BCUT2D eigenvalue weighted by Crippen LogP contribution is -2.06. The molecule has 25 heavy (non-hydrogen) atoms. The van der Waals surface area contributed by atoms with E-state index >= 15 is 0 Å². The van der Waals surface area contributed by atoms with Gasteiger partial charge in [0.1, 0.15) is 11.9 Å². The minimum Gasteiger partial charge on any atom is -0.494 e. The van der Waals surface area contributed by atoms with Gasteiger partial charge in [0.05, 0.1) is 25.4 Å². The molecule has 0 aliphatic carbocycles. The summed E-state index contributed by atoms with van der Waals surface area (Å²) in [6.45, 7) is 6.19. The number of aliphatic hydroxyl groups is 1. The molecule has 0 spiro atoms. The van der Waals surface area contributed by atoms with Gasteiger partial charge < -0.3 is 9.84 Å². The summed E-state index contributed by atoms with van der Waals surface area (Å²) in [5.41, 5.74) is 3.97. The second-order valence-corrected chi connectivity index (χ2v) is 6.14. The zero-order chi connectivity index (χ0) is 18.0. The summed E-state index contributed by atoms with van der Waals surface area (Å²) in [5.74, 6) is 1.67. The van der Waals surface area contributed by atoms with E-state index in [1.807, 2.05) is 19.1 Å². The SMILES string of the molecule is COc1cnc(C)cc1-c1nc(C(C)O)nn1Cc1cccc(C)c1. The lowest BCUT2D eigenvalue weighted by atomic mass is 10.1. The average Bonchev–Trinajstić information content (AvgIpc) is 2.99. The van der Waals surface area contributed by atoms with Gasteiger partial charge in [0.15, 0.2) is 11.6 Å². The molecule has 1 N–H and O–H groups in total. The zero-order valence-electron chi connectivity index (χ0n) is 14.9. The van der Waals surface area contributed by atoms with E-state index in [0.29, 0.717) is 23.9 Å². The smallest absolute Gasteiger partial charge is 0.179 e. The molecule has 2 aromatic heterocycles. The molecule has 1 aromatic carbocycles. The van der Waals surface area contributed by atoms with Crippen molar-refractivity contribution < 1.29 is 9.84 Å². The van der Waals surface area contributed by atoms with Crippen LogP contribution in [0.15, 0.2) is 36.5 Å². The summed E-state index contributed by atoms with van der Waals surface area (Å²) in [7, 11) is 1.60. The van der Waals surface area contributed by atoms with Crippen molar-refractivity contribution >= 4 is 0 Å². The zero-order valence-corrected chi connectivity index (χ0v) is 14.9. The van der Waals surface area contributed by atoms with Crippen LogP contribution in [0.2, 0.25) is 0 Å². The molecule has 6 heteroatoms. The Labute approximate surface area is 147 Å². The number of ether oxygens (including phenoxy) is 1. The molecule has 2 heterocycles. The maximum absolute atomic E-state index is 9.92. The van der Waals surface area contributed by atoms with Crippen LogP contribution in [0.1, 0.15) is 35.7 Å². The Morgan fingerprint density at radius 2 is 2.04 bits per heavy atom. The van der Waals surface area contributed by atoms with Crippen LogP contribution in [0.4, 0.5) is 0 Å². The molecule has 0 bridgehead atoms. The van der Waals surface area contributed by atoms with Crippen molar-refractivity contribution in [3.63, 3.8) is 0 Å². The predicted molar refractivity (Wildman–Crippen MR) is 95.5 cm³/mol. The quantitative estimate of drug-likeness (QED) is 0.774. The molecule has 0 saturated carbocycles. The first-order valence-corrected chi connectivity index (χ1v) is 8.17. The van der Waals surface area contributed by atoms with Crippen LogP contribution in [0, 0.1) is 13.8 Å². The van der Waals surface area contributed by atoms with Gasteiger partial charge in [-0.05, 0) is 32.4 Å². The molecular formula is C19H22N4O2. The third-order valence-corrected chi connectivity index (χ3v) is 3.94. The van der Waals surface area contributed by atoms with Gasteiger partial charge in [0.25, 0.3) is 0 Å². The second kappa shape index (κ2) is 7.03. The fourth-order valence-electron chi connectivity index (χ4n) is 2.71. The number of pyridine rings is 1. The third-order valence-electron chi connectivity index (χ3n) is 3.94. The van der Waals surface area contributed by atoms with E-state index in [1.54, 1.807) is 24.9 Å². The Bertz CT molecular complexity index is 887. The van der Waals surface area contributed by atoms with E-state index in [0.717, 1.165) is 16.8 Å². The fourth-order valence-corrected chi connectivity index (χ4v) is 2.71. The van der Waals surface area contributed by atoms with Gasteiger partial charge in [-0.1, -0.05) is 29.8 Å². The van der Waals surface area contributed by atoms with Crippen LogP contribution >= 0.6 is 0 Å². The largest absolute Gasteiger partial charge is 0.494 e. The van der Waals surface area contributed by atoms with E-state index in [-0.39, 0.29) is 0 Å². The molecule has 0 aliphatic heterocycles. The molecule has 0 aliphatic rings. The molecule has 0 radical (unpaired) electrons. The minimum atomic E-state index is -0.744. The molecule has 3 aromatic rings. The first-order valence-electron chi connectivity index (χ1n) is 8.17. The van der Waals surface area contributed by atoms with E-state index < -0.39 is 6.10 Å². The van der Waals surface area contributed by atoms with Gasteiger partial charge in [-0.25, -0.2) is 9.67 Å². The van der Waals surface area contributed by atoms with Crippen LogP contribution in [-0.4, -0.2) is 32.0 Å². The lowest BCUT2D eigenvalue weighted by Gasteiger charge is -2.10. The van der Waals surface area contributed by atoms with E-state index in [2.05, 4.69) is 40.2 Å². The van der Waals surface area contributed by atoms with E-state index in [4.69, 9.17) is 4.74 Å². The van der Waals surface area contributed by atoms with Crippen molar-refractivity contribution in [2.24, 2.45) is 0 Å². The number of aromatic nitrogens is 4. The Morgan fingerprint density at radius 3 is 2.72 bits per heavy atom. The molecule has 130 valence electrons. The Kier molecular flexibility index (Phi) is 4.81. The van der Waals surface area contributed by atoms with Crippen molar-refractivity contribution in [3.8, 4) is 17.1 Å². The Morgan fingerprint density at radius 1 is 1.24 bits per heavy atom. The van der Waals surface area contributed by atoms with Gasteiger partial charge in [0.2, 0.25) is 0 Å². The van der Waals surface area contributed by atoms with Crippen LogP contribution in [0.3, 0.4) is 0 Å². The summed E-state index contributed by atoms with van der Waals surface area (Å²) < 4.78 is 7.24. The normalized spacial score (nSPS) is 12.2. The molecular weight excluding hydrogens is 316 g/mol. The molecule has 3 rings (SSSR count). The summed E-state index contributed by atoms with van der Waals surface area (Å²) in [6.07, 6.45) is 0.935. The highest BCUT2D eigenvalue weighted by molar-refractivity contribution is 5.64. The van der Waals surface area contributed by atoms with E-state index in [1.165, 1.54) is 5.56 Å². The van der Waals surface area contributed by atoms with Crippen LogP contribution in [0.25, 0.3) is 11.4 Å². The van der Waals surface area contributed by atoms with Crippen LogP contribution in [-0.2, 0) is 6.54 Å². The van der Waals surface area contributed by atoms with Gasteiger partial charge in [-0.3, -0.25) is 4.98 Å². The molecule has 0 saturated heterocycles. The summed E-state index contributed by atoms with van der Waals surface area (Å²) in [4.78, 5) is 8.81. The minimum absolute atomic E-state index is 0.388. The van der Waals surface area contributed by atoms with Crippen molar-refractivity contribution in [1.29, 1.82) is 0 Å². The number of nitrogens with zero attached hydrogens (tertiary/aromatic N) is 4. The Hall–Kier alpha value is -2.73. The van der Waals surface area contributed by atoms with Crippen LogP contribution < -0.4 is 4.74 Å². The maximum atomic E-state index is 9.92. The third kappa shape index (κ3) is 3.69. The molecule has 1 unspecified atom stereocenters. The number of rotatable bonds is 5. The number of benzene rings is 1. The van der Waals surface area contributed by atoms with Crippen molar-refractivity contribution in [2.75, 3.05) is 7.11 Å². The van der Waals surface area contributed by atoms with Gasteiger partial charge in [-0.15, -0.1) is 0 Å². The van der Waals surface area contributed by atoms with Gasteiger partial charge in [-0.2, -0.15) is 5.10 Å². The summed E-state index contributed by atoms with van der Waals surface area (Å²) >= 11 is 0. The fraction of sp³-hybridized carbons (Fsp3) is 0.316. The van der Waals surface area contributed by atoms with E-state index in [9.17, 15) is 5.11 Å². The second-order valence-electron chi connectivity index (χ2n) is 6.14. The average molecular weight is 338 g/mol. The maximum Gasteiger partial charge on any atom is 0.179 e. The highest BCUT2D eigenvalue weighted by Gasteiger charge is 2.19. The number of hydrogen-bond donors (Lipinski definition) is 1. The Balaban J connectivity index is 2.11. The number of aryl methyl sites for hydroxylation is 2. The highest BCUT2D eigenvalue weighted by Crippen LogP contribution is 2.29. The van der Waals surface area contributed by atoms with Crippen molar-refractivity contribution in [3.05, 3.63) is 59.2 Å². The molecule has 6 nitrogen and oxygen atoms in total. The van der Waals surface area contributed by atoms with Crippen LogP contribution in [0.5, 0.6) is 5.75 Å². The highest BCUT2D eigenvalue weighted by atomic mass is 16.5. The number of hydrogen-bond acceptors (Lipinski definition) is 5. The number of aliphatic hydroxyl groups excluding tert-OH is 1. The predicted octanol–water partition coefficient (Wildman–Crippen LogP) is 3.07. The van der Waals surface area contributed by atoms with Crippen molar-refractivity contribution in [1.82, 2.24) is 19.7 Å². The topological polar surface area (TPSA) is 73.1 Å².